The van der Waals surface area contributed by atoms with Gasteiger partial charge >= 0.3 is 0 Å². The molecule has 1 fully saturated rings. The molecule has 0 aromatic heterocycles. The Labute approximate surface area is 158 Å². The average molecular weight is 365 g/mol. The number of morpholine rings is 1. The van der Waals surface area contributed by atoms with Gasteiger partial charge in [-0.1, -0.05) is 24.3 Å². The number of benzene rings is 1. The second kappa shape index (κ2) is 10.4. The fourth-order valence-electron chi connectivity index (χ4n) is 3.07. The molecule has 148 valence electrons. The van der Waals surface area contributed by atoms with E-state index in [9.17, 15) is 5.11 Å². The number of aryl methyl sites for hydroxylation is 1. The fraction of sp³-hybridized carbons (Fsp3) is 0.714. The molecule has 0 saturated carbocycles. The van der Waals surface area contributed by atoms with Gasteiger partial charge in [0.2, 0.25) is 0 Å². The molecule has 1 N–H and O–H groups in total. The number of aliphatic hydroxyl groups excluding tert-OH is 1. The normalized spacial score (nSPS) is 17.6. The number of hydrogen-bond donors (Lipinski definition) is 1. The molecule has 1 aliphatic heterocycles. The summed E-state index contributed by atoms with van der Waals surface area (Å²) >= 11 is 0. The highest BCUT2D eigenvalue weighted by atomic mass is 16.5. The number of ether oxygens (including phenoxy) is 2. The Morgan fingerprint density at radius 2 is 1.92 bits per heavy atom. The van der Waals surface area contributed by atoms with Gasteiger partial charge < -0.3 is 14.6 Å². The Hall–Kier alpha value is -0.980. The first-order valence-electron chi connectivity index (χ1n) is 9.72. The molecule has 0 radical (unpaired) electrons. The Bertz CT molecular complexity index is 524. The molecule has 1 saturated heterocycles. The largest absolute Gasteiger partial charge is 0.389 e. The second-order valence-electron chi connectivity index (χ2n) is 8.19. The van der Waals surface area contributed by atoms with Crippen molar-refractivity contribution >= 4 is 0 Å². The van der Waals surface area contributed by atoms with Crippen molar-refractivity contribution in [3.63, 3.8) is 0 Å². The van der Waals surface area contributed by atoms with Gasteiger partial charge in [0.25, 0.3) is 0 Å². The van der Waals surface area contributed by atoms with E-state index in [0.29, 0.717) is 13.2 Å². The molecular formula is C21H36N2O3. The molecule has 0 spiro atoms. The maximum atomic E-state index is 10.5. The smallest absolute Gasteiger partial charge is 0.0900 e. The van der Waals surface area contributed by atoms with Crippen LogP contribution in [0.5, 0.6) is 0 Å². The lowest BCUT2D eigenvalue weighted by Crippen LogP contribution is -2.43. The molecule has 1 atom stereocenters. The molecule has 0 amide bonds. The quantitative estimate of drug-likeness (QED) is 0.728. The van der Waals surface area contributed by atoms with Crippen molar-refractivity contribution in [3.8, 4) is 0 Å². The number of nitrogens with zero attached hydrogens (tertiary/aromatic N) is 2. The predicted molar refractivity (Wildman–Crippen MR) is 105 cm³/mol. The second-order valence-corrected chi connectivity index (χ2v) is 8.19. The summed E-state index contributed by atoms with van der Waals surface area (Å²) in [5.41, 5.74) is 2.39. The molecule has 5 heteroatoms. The molecule has 26 heavy (non-hydrogen) atoms. The van der Waals surface area contributed by atoms with Gasteiger partial charge in [0.15, 0.2) is 0 Å². The van der Waals surface area contributed by atoms with Gasteiger partial charge in [-0.05, 0) is 38.8 Å². The van der Waals surface area contributed by atoms with Crippen LogP contribution in [0.3, 0.4) is 0 Å². The van der Waals surface area contributed by atoms with Crippen molar-refractivity contribution in [2.75, 3.05) is 52.5 Å². The van der Waals surface area contributed by atoms with Crippen molar-refractivity contribution in [1.82, 2.24) is 9.80 Å². The lowest BCUT2D eigenvalue weighted by Gasteiger charge is -2.31. The summed E-state index contributed by atoms with van der Waals surface area (Å²) in [5.74, 6) is 0. The zero-order valence-corrected chi connectivity index (χ0v) is 16.9. The van der Waals surface area contributed by atoms with Gasteiger partial charge in [0.1, 0.15) is 0 Å². The molecule has 1 aromatic carbocycles. The van der Waals surface area contributed by atoms with Gasteiger partial charge in [-0.15, -0.1) is 0 Å². The third-order valence-corrected chi connectivity index (χ3v) is 4.67. The number of rotatable bonds is 9. The van der Waals surface area contributed by atoms with Gasteiger partial charge in [0, 0.05) is 39.3 Å². The summed E-state index contributed by atoms with van der Waals surface area (Å²) in [5, 5.41) is 10.5. The first-order chi connectivity index (χ1) is 12.3. The summed E-state index contributed by atoms with van der Waals surface area (Å²) in [6, 6.07) is 8.48. The van der Waals surface area contributed by atoms with Crippen LogP contribution in [0.2, 0.25) is 0 Å². The predicted octanol–water partition coefficient (Wildman–Crippen LogP) is 2.31. The van der Waals surface area contributed by atoms with E-state index in [-0.39, 0.29) is 5.60 Å². The maximum Gasteiger partial charge on any atom is 0.0900 e. The van der Waals surface area contributed by atoms with E-state index in [2.05, 4.69) is 41.0 Å². The van der Waals surface area contributed by atoms with Gasteiger partial charge in [-0.3, -0.25) is 9.80 Å². The van der Waals surface area contributed by atoms with Crippen LogP contribution in [0, 0.1) is 6.92 Å². The molecule has 1 aromatic rings. The molecule has 0 bridgehead atoms. The maximum absolute atomic E-state index is 10.5. The van der Waals surface area contributed by atoms with E-state index in [1.807, 2.05) is 20.8 Å². The lowest BCUT2D eigenvalue weighted by molar-refractivity contribution is -0.0575. The molecular weight excluding hydrogens is 328 g/mol. The van der Waals surface area contributed by atoms with Crippen molar-refractivity contribution in [2.45, 2.75) is 45.9 Å². The summed E-state index contributed by atoms with van der Waals surface area (Å²) in [6.45, 7) is 15.6. The van der Waals surface area contributed by atoms with Crippen LogP contribution in [0.25, 0.3) is 0 Å². The van der Waals surface area contributed by atoms with E-state index in [4.69, 9.17) is 9.47 Å². The van der Waals surface area contributed by atoms with E-state index in [0.717, 1.165) is 45.9 Å². The highest BCUT2D eigenvalue weighted by molar-refractivity contribution is 5.25. The molecule has 1 unspecified atom stereocenters. The minimum atomic E-state index is -0.483. The SMILES string of the molecule is Cc1ccccc1CN(CCN1CCOCC1)CC(O)COC(C)(C)C. The van der Waals surface area contributed by atoms with Gasteiger partial charge in [0.05, 0.1) is 31.5 Å². The van der Waals surface area contributed by atoms with Crippen LogP contribution < -0.4 is 0 Å². The standard InChI is InChI=1S/C21H36N2O3/c1-18-7-5-6-8-19(18)15-23(10-9-22-11-13-25-14-12-22)16-20(24)17-26-21(2,3)4/h5-8,20,24H,9-17H2,1-4H3. The van der Waals surface area contributed by atoms with E-state index in [1.165, 1.54) is 11.1 Å². The summed E-state index contributed by atoms with van der Waals surface area (Å²) in [6.07, 6.45) is -0.483. The Morgan fingerprint density at radius 1 is 1.23 bits per heavy atom. The molecule has 1 heterocycles. The first-order valence-corrected chi connectivity index (χ1v) is 9.72. The third-order valence-electron chi connectivity index (χ3n) is 4.67. The van der Waals surface area contributed by atoms with Crippen LogP contribution in [-0.2, 0) is 16.0 Å². The number of aliphatic hydroxyl groups is 1. The van der Waals surface area contributed by atoms with Crippen LogP contribution in [0.1, 0.15) is 31.9 Å². The van der Waals surface area contributed by atoms with Crippen molar-refractivity contribution in [3.05, 3.63) is 35.4 Å². The zero-order chi connectivity index (χ0) is 19.0. The van der Waals surface area contributed by atoms with Crippen molar-refractivity contribution < 1.29 is 14.6 Å². The van der Waals surface area contributed by atoms with Crippen LogP contribution in [-0.4, -0.2) is 79.2 Å². The molecule has 1 aliphatic rings. The third kappa shape index (κ3) is 8.14. The minimum Gasteiger partial charge on any atom is -0.389 e. The van der Waals surface area contributed by atoms with E-state index >= 15 is 0 Å². The fourth-order valence-corrected chi connectivity index (χ4v) is 3.07. The molecule has 5 nitrogen and oxygen atoms in total. The molecule has 0 aliphatic carbocycles. The summed E-state index contributed by atoms with van der Waals surface area (Å²) in [4.78, 5) is 4.78. The topological polar surface area (TPSA) is 45.2 Å². The van der Waals surface area contributed by atoms with Gasteiger partial charge in [-0.2, -0.15) is 0 Å². The van der Waals surface area contributed by atoms with Gasteiger partial charge in [-0.25, -0.2) is 0 Å². The highest BCUT2D eigenvalue weighted by Gasteiger charge is 2.18. The minimum absolute atomic E-state index is 0.227. The Morgan fingerprint density at radius 3 is 2.58 bits per heavy atom. The average Bonchev–Trinajstić information content (AvgIpc) is 2.60. The lowest BCUT2D eigenvalue weighted by atomic mass is 10.1. The molecule has 2 rings (SSSR count). The first kappa shape index (κ1) is 21.3. The Kier molecular flexibility index (Phi) is 8.51. The summed E-state index contributed by atoms with van der Waals surface area (Å²) < 4.78 is 11.2. The highest BCUT2D eigenvalue weighted by Crippen LogP contribution is 2.13. The Balaban J connectivity index is 1.92. The van der Waals surface area contributed by atoms with Crippen molar-refractivity contribution in [2.24, 2.45) is 0 Å². The summed E-state index contributed by atoms with van der Waals surface area (Å²) in [7, 11) is 0. The van der Waals surface area contributed by atoms with E-state index in [1.54, 1.807) is 0 Å². The monoisotopic (exact) mass is 364 g/mol. The van der Waals surface area contributed by atoms with Crippen LogP contribution in [0.4, 0.5) is 0 Å². The number of hydrogen-bond acceptors (Lipinski definition) is 5. The van der Waals surface area contributed by atoms with Crippen LogP contribution in [0.15, 0.2) is 24.3 Å². The van der Waals surface area contributed by atoms with Crippen LogP contribution >= 0.6 is 0 Å². The van der Waals surface area contributed by atoms with Crippen molar-refractivity contribution in [1.29, 1.82) is 0 Å². The zero-order valence-electron chi connectivity index (χ0n) is 16.9. The van der Waals surface area contributed by atoms with E-state index < -0.39 is 6.10 Å².